The van der Waals surface area contributed by atoms with Gasteiger partial charge in [-0.25, -0.2) is 4.57 Å². The summed E-state index contributed by atoms with van der Waals surface area (Å²) in [7, 11) is -0.833. The highest BCUT2D eigenvalue weighted by atomic mass is 31.1. The van der Waals surface area contributed by atoms with Crippen molar-refractivity contribution in [3.63, 3.8) is 0 Å². The van der Waals surface area contributed by atoms with E-state index < -0.39 is 8.69 Å². The fourth-order valence-electron chi connectivity index (χ4n) is 0.637. The van der Waals surface area contributed by atoms with Crippen LogP contribution in [0.25, 0.3) is 0 Å². The quantitative estimate of drug-likeness (QED) is 0.607. The maximum atomic E-state index is 8.46. The molecule has 0 unspecified atom stereocenters. The van der Waals surface area contributed by atoms with Crippen LogP contribution < -0.4 is 0 Å². The molecule has 0 radical (unpaired) electrons. The molecule has 1 aromatic rings. The Morgan fingerprint density at radius 1 is 1.09 bits per heavy atom. The van der Waals surface area contributed by atoms with Crippen molar-refractivity contribution in [2.45, 2.75) is 13.8 Å². The van der Waals surface area contributed by atoms with Crippen LogP contribution in [0.1, 0.15) is 11.1 Å². The van der Waals surface area contributed by atoms with Gasteiger partial charge in [-0.05, 0) is 13.8 Å². The van der Waals surface area contributed by atoms with Gasteiger partial charge in [0.05, 0.1) is 0 Å². The van der Waals surface area contributed by atoms with E-state index in [2.05, 4.69) is 38.1 Å². The molecule has 2 nitrogen and oxygen atoms in total. The first kappa shape index (κ1) is 10.3. The van der Waals surface area contributed by atoms with Crippen molar-refractivity contribution in [2.24, 2.45) is 0 Å². The Hall–Kier alpha value is -0.720. The van der Waals surface area contributed by atoms with E-state index in [1.54, 1.807) is 0 Å². The van der Waals surface area contributed by atoms with Gasteiger partial charge in [0.2, 0.25) is 0 Å². The van der Waals surface area contributed by atoms with E-state index in [0.717, 1.165) is 0 Å². The van der Waals surface area contributed by atoms with E-state index in [1.807, 2.05) is 0 Å². The molecule has 0 saturated carbocycles. The van der Waals surface area contributed by atoms with Gasteiger partial charge in [0, 0.05) is 0 Å². The number of hydrogen-bond acceptors (Lipinski definition) is 1. The number of hydrogen-bond donors (Lipinski definition) is 1. The zero-order valence-corrected chi connectivity index (χ0v) is 7.51. The van der Waals surface area contributed by atoms with Gasteiger partial charge in [0.25, 0.3) is 0 Å². The lowest BCUT2D eigenvalue weighted by Crippen LogP contribution is -1.70. The molecule has 0 saturated heterocycles. The van der Waals surface area contributed by atoms with E-state index in [0.29, 0.717) is 0 Å². The molecule has 0 heterocycles. The van der Waals surface area contributed by atoms with Gasteiger partial charge in [-0.3, -0.25) is 0 Å². The van der Waals surface area contributed by atoms with Crippen LogP contribution in [-0.2, 0) is 4.57 Å². The van der Waals surface area contributed by atoms with Gasteiger partial charge in [-0.2, -0.15) is 0 Å². The van der Waals surface area contributed by atoms with Crippen molar-refractivity contribution in [1.29, 1.82) is 0 Å². The second-order valence-electron chi connectivity index (χ2n) is 2.24. The lowest BCUT2D eigenvalue weighted by atomic mass is 10.2. The SMILES string of the molecule is Cc1ccc(C)cc1.O=PO. The third kappa shape index (κ3) is 5.71. The van der Waals surface area contributed by atoms with Crippen molar-refractivity contribution in [1.82, 2.24) is 0 Å². The van der Waals surface area contributed by atoms with Gasteiger partial charge in [0.1, 0.15) is 0 Å². The first-order chi connectivity index (χ1) is 5.20. The maximum absolute atomic E-state index is 8.46. The smallest absolute Gasteiger partial charge is 0.310 e. The molecule has 3 heteroatoms. The molecular formula is C8H11O2P. The number of aryl methyl sites for hydroxylation is 2. The molecule has 0 aliphatic rings. The third-order valence-electron chi connectivity index (χ3n) is 1.22. The average Bonchev–Trinajstić information content (AvgIpc) is 1.97. The standard InChI is InChI=1S/C8H10.HO2P/c1-7-3-5-8(2)6-4-7;1-3-2/h3-6H,1-2H3;(H,1,2). The molecular weight excluding hydrogens is 159 g/mol. The molecule has 0 bridgehead atoms. The lowest BCUT2D eigenvalue weighted by Gasteiger charge is -1.90. The molecule has 0 aliphatic carbocycles. The van der Waals surface area contributed by atoms with Gasteiger partial charge in [-0.1, -0.05) is 35.4 Å². The molecule has 0 atom stereocenters. The predicted octanol–water partition coefficient (Wildman–Crippen LogP) is 2.49. The zero-order valence-electron chi connectivity index (χ0n) is 6.61. The third-order valence-corrected chi connectivity index (χ3v) is 1.22. The monoisotopic (exact) mass is 170 g/mol. The maximum Gasteiger partial charge on any atom is 0.324 e. The summed E-state index contributed by atoms with van der Waals surface area (Å²) in [6.07, 6.45) is 0. The molecule has 0 amide bonds. The second kappa shape index (κ2) is 6.02. The van der Waals surface area contributed by atoms with E-state index in [9.17, 15) is 0 Å². The highest BCUT2D eigenvalue weighted by Crippen LogP contribution is 1.99. The van der Waals surface area contributed by atoms with E-state index in [1.165, 1.54) is 11.1 Å². The van der Waals surface area contributed by atoms with Crippen molar-refractivity contribution < 1.29 is 9.46 Å². The Bertz CT molecular complexity index is 185. The van der Waals surface area contributed by atoms with Crippen LogP contribution in [0.3, 0.4) is 0 Å². The summed E-state index contributed by atoms with van der Waals surface area (Å²) in [6, 6.07) is 8.48. The number of benzene rings is 1. The van der Waals surface area contributed by atoms with Crippen LogP contribution in [0.15, 0.2) is 24.3 Å². The highest BCUT2D eigenvalue weighted by molar-refractivity contribution is 7.16. The molecule has 11 heavy (non-hydrogen) atoms. The normalized spacial score (nSPS) is 8.64. The molecule has 0 spiro atoms. The minimum Gasteiger partial charge on any atom is -0.310 e. The summed E-state index contributed by atoms with van der Waals surface area (Å²) in [5.41, 5.74) is 2.66. The Labute approximate surface area is 68.2 Å². The van der Waals surface area contributed by atoms with Crippen LogP contribution in [0.5, 0.6) is 0 Å². The Balaban J connectivity index is 0.000000292. The van der Waals surface area contributed by atoms with Gasteiger partial charge >= 0.3 is 8.69 Å². The summed E-state index contributed by atoms with van der Waals surface area (Å²) in [5, 5.41) is 0. The summed E-state index contributed by atoms with van der Waals surface area (Å²) < 4.78 is 8.46. The zero-order chi connectivity index (χ0) is 8.69. The fourth-order valence-corrected chi connectivity index (χ4v) is 0.637. The lowest BCUT2D eigenvalue weighted by molar-refractivity contribution is 0.524. The van der Waals surface area contributed by atoms with Crippen LogP contribution in [0.4, 0.5) is 0 Å². The topological polar surface area (TPSA) is 37.3 Å². The van der Waals surface area contributed by atoms with E-state index in [-0.39, 0.29) is 0 Å². The van der Waals surface area contributed by atoms with Crippen molar-refractivity contribution in [3.05, 3.63) is 35.4 Å². The largest absolute Gasteiger partial charge is 0.324 e. The van der Waals surface area contributed by atoms with Crippen LogP contribution in [-0.4, -0.2) is 4.89 Å². The van der Waals surface area contributed by atoms with Crippen molar-refractivity contribution in [3.8, 4) is 0 Å². The van der Waals surface area contributed by atoms with Crippen LogP contribution in [0, 0.1) is 13.8 Å². The van der Waals surface area contributed by atoms with Crippen molar-refractivity contribution >= 4 is 8.69 Å². The van der Waals surface area contributed by atoms with Gasteiger partial charge in [0.15, 0.2) is 0 Å². The molecule has 1 aromatic carbocycles. The summed E-state index contributed by atoms with van der Waals surface area (Å²) in [5.74, 6) is 0. The van der Waals surface area contributed by atoms with Gasteiger partial charge in [-0.15, -0.1) is 0 Å². The second-order valence-corrected chi connectivity index (χ2v) is 2.40. The van der Waals surface area contributed by atoms with Crippen molar-refractivity contribution in [2.75, 3.05) is 0 Å². The molecule has 0 aromatic heterocycles. The Kier molecular flexibility index (Phi) is 5.63. The molecule has 60 valence electrons. The first-order valence-corrected chi connectivity index (χ1v) is 3.97. The molecule has 0 aliphatic heterocycles. The molecule has 0 fully saturated rings. The average molecular weight is 170 g/mol. The minimum atomic E-state index is -0.833. The summed E-state index contributed by atoms with van der Waals surface area (Å²) in [6.45, 7) is 4.19. The van der Waals surface area contributed by atoms with Crippen LogP contribution >= 0.6 is 8.69 Å². The predicted molar refractivity (Wildman–Crippen MR) is 45.7 cm³/mol. The molecule has 1 N–H and O–H groups in total. The highest BCUT2D eigenvalue weighted by Gasteiger charge is 1.79. The molecule has 1 rings (SSSR count). The van der Waals surface area contributed by atoms with E-state index in [4.69, 9.17) is 9.46 Å². The minimum absolute atomic E-state index is 0.833. The summed E-state index contributed by atoms with van der Waals surface area (Å²) >= 11 is 0. The Morgan fingerprint density at radius 2 is 1.27 bits per heavy atom. The number of rotatable bonds is 0. The first-order valence-electron chi connectivity index (χ1n) is 3.20. The van der Waals surface area contributed by atoms with E-state index >= 15 is 0 Å². The summed E-state index contributed by atoms with van der Waals surface area (Å²) in [4.78, 5) is 6.99. The fraction of sp³-hybridized carbons (Fsp3) is 0.250. The van der Waals surface area contributed by atoms with Gasteiger partial charge < -0.3 is 4.89 Å². The Morgan fingerprint density at radius 3 is 1.45 bits per heavy atom. The van der Waals surface area contributed by atoms with Crippen LogP contribution in [0.2, 0.25) is 0 Å².